The number of para-hydroxylation sites is 1. The lowest BCUT2D eigenvalue weighted by Crippen LogP contribution is -2.43. The maximum absolute atomic E-state index is 12.0. The van der Waals surface area contributed by atoms with Gasteiger partial charge in [-0.05, 0) is 36.4 Å². The summed E-state index contributed by atoms with van der Waals surface area (Å²) in [6, 6.07) is 17.8. The summed E-state index contributed by atoms with van der Waals surface area (Å²) in [5.74, 6) is -0.00299. The van der Waals surface area contributed by atoms with Crippen LogP contribution in [0.5, 0.6) is 0 Å². The molecule has 5 heteroatoms. The van der Waals surface area contributed by atoms with Crippen molar-refractivity contribution >= 4 is 23.0 Å². The number of nitrogens with one attached hydrogen (secondary N) is 3. The molecule has 0 bridgehead atoms. The third kappa shape index (κ3) is 4.81. The van der Waals surface area contributed by atoms with Crippen molar-refractivity contribution in [2.75, 3.05) is 30.4 Å². The van der Waals surface area contributed by atoms with Crippen LogP contribution < -0.4 is 16.0 Å². The zero-order valence-corrected chi connectivity index (χ0v) is 12.9. The molecule has 3 rings (SSSR count). The summed E-state index contributed by atoms with van der Waals surface area (Å²) >= 11 is 0. The molecule has 5 nitrogen and oxygen atoms in total. The molecular formula is C18H21N3O2. The van der Waals surface area contributed by atoms with Gasteiger partial charge < -0.3 is 20.7 Å². The van der Waals surface area contributed by atoms with Gasteiger partial charge in [0.15, 0.2) is 0 Å². The van der Waals surface area contributed by atoms with E-state index in [9.17, 15) is 4.79 Å². The van der Waals surface area contributed by atoms with Crippen LogP contribution in [0.25, 0.3) is 0 Å². The van der Waals surface area contributed by atoms with E-state index in [2.05, 4.69) is 16.0 Å². The molecule has 1 fully saturated rings. The minimum atomic E-state index is -0.00299. The Kier molecular flexibility index (Phi) is 5.24. The highest BCUT2D eigenvalue weighted by Crippen LogP contribution is 2.18. The number of morpholine rings is 1. The van der Waals surface area contributed by atoms with Gasteiger partial charge in [-0.3, -0.25) is 4.79 Å². The zero-order chi connectivity index (χ0) is 15.9. The molecule has 2 aromatic rings. The van der Waals surface area contributed by atoms with E-state index in [4.69, 9.17) is 4.74 Å². The molecule has 1 heterocycles. The second-order valence-corrected chi connectivity index (χ2v) is 5.55. The molecule has 0 radical (unpaired) electrons. The first-order chi connectivity index (χ1) is 11.3. The highest BCUT2D eigenvalue weighted by Gasteiger charge is 2.16. The fourth-order valence-electron chi connectivity index (χ4n) is 2.51. The molecule has 1 saturated heterocycles. The van der Waals surface area contributed by atoms with Gasteiger partial charge in [0.2, 0.25) is 5.91 Å². The first-order valence-electron chi connectivity index (χ1n) is 7.83. The Morgan fingerprint density at radius 2 is 1.74 bits per heavy atom. The SMILES string of the molecule is O=C(CC1COCCN1)Nc1ccc(Nc2ccccc2)cc1. The molecule has 1 aliphatic heterocycles. The number of ether oxygens (including phenoxy) is 1. The van der Waals surface area contributed by atoms with Crippen LogP contribution in [0.15, 0.2) is 54.6 Å². The number of carbonyl (C=O) groups excluding carboxylic acids is 1. The van der Waals surface area contributed by atoms with Crippen molar-refractivity contribution in [3.05, 3.63) is 54.6 Å². The molecule has 3 N–H and O–H groups in total. The Morgan fingerprint density at radius 3 is 2.43 bits per heavy atom. The van der Waals surface area contributed by atoms with Gasteiger partial charge in [-0.25, -0.2) is 0 Å². The normalized spacial score (nSPS) is 17.5. The summed E-state index contributed by atoms with van der Waals surface area (Å²) < 4.78 is 5.35. The van der Waals surface area contributed by atoms with Crippen molar-refractivity contribution < 1.29 is 9.53 Å². The van der Waals surface area contributed by atoms with Crippen molar-refractivity contribution in [1.29, 1.82) is 0 Å². The second-order valence-electron chi connectivity index (χ2n) is 5.55. The molecule has 0 aromatic heterocycles. The number of benzene rings is 2. The molecule has 0 aliphatic carbocycles. The monoisotopic (exact) mass is 311 g/mol. The molecular weight excluding hydrogens is 290 g/mol. The van der Waals surface area contributed by atoms with Crippen molar-refractivity contribution in [3.8, 4) is 0 Å². The number of carbonyl (C=O) groups is 1. The van der Waals surface area contributed by atoms with Gasteiger partial charge in [-0.15, -0.1) is 0 Å². The first kappa shape index (κ1) is 15.5. The smallest absolute Gasteiger partial charge is 0.226 e. The third-order valence-corrected chi connectivity index (χ3v) is 3.66. The third-order valence-electron chi connectivity index (χ3n) is 3.66. The van der Waals surface area contributed by atoms with Crippen LogP contribution in [-0.2, 0) is 9.53 Å². The predicted octanol–water partition coefficient (Wildman–Crippen LogP) is 2.75. The van der Waals surface area contributed by atoms with Crippen molar-refractivity contribution in [2.45, 2.75) is 12.5 Å². The lowest BCUT2D eigenvalue weighted by Gasteiger charge is -2.23. The van der Waals surface area contributed by atoms with E-state index in [1.165, 1.54) is 0 Å². The van der Waals surface area contributed by atoms with Crippen LogP contribution in [0, 0.1) is 0 Å². The average Bonchev–Trinajstić information content (AvgIpc) is 2.58. The van der Waals surface area contributed by atoms with Crippen LogP contribution in [0.3, 0.4) is 0 Å². The standard InChI is InChI=1S/C18H21N3O2/c22-18(12-17-13-23-11-10-19-17)21-16-8-6-15(7-9-16)20-14-4-2-1-3-5-14/h1-9,17,19-20H,10-13H2,(H,21,22). The topological polar surface area (TPSA) is 62.4 Å². The Morgan fingerprint density at radius 1 is 1.04 bits per heavy atom. The number of amides is 1. The molecule has 23 heavy (non-hydrogen) atoms. The Hall–Kier alpha value is -2.37. The predicted molar refractivity (Wildman–Crippen MR) is 92.0 cm³/mol. The van der Waals surface area contributed by atoms with E-state index in [0.29, 0.717) is 19.6 Å². The maximum atomic E-state index is 12.0. The lowest BCUT2D eigenvalue weighted by molar-refractivity contribution is -0.117. The Bertz CT molecular complexity index is 622. The fraction of sp³-hybridized carbons (Fsp3) is 0.278. The quantitative estimate of drug-likeness (QED) is 0.794. The highest BCUT2D eigenvalue weighted by molar-refractivity contribution is 5.91. The van der Waals surface area contributed by atoms with Crippen LogP contribution >= 0.6 is 0 Å². The van der Waals surface area contributed by atoms with E-state index >= 15 is 0 Å². The van der Waals surface area contributed by atoms with Gasteiger partial charge in [-0.1, -0.05) is 18.2 Å². The average molecular weight is 311 g/mol. The van der Waals surface area contributed by atoms with E-state index in [1.807, 2.05) is 54.6 Å². The number of hydrogen-bond acceptors (Lipinski definition) is 4. The Balaban J connectivity index is 1.51. The summed E-state index contributed by atoms with van der Waals surface area (Å²) in [4.78, 5) is 12.0. The van der Waals surface area contributed by atoms with Crippen LogP contribution in [0.1, 0.15) is 6.42 Å². The van der Waals surface area contributed by atoms with Crippen molar-refractivity contribution in [1.82, 2.24) is 5.32 Å². The summed E-state index contributed by atoms with van der Waals surface area (Å²) in [5.41, 5.74) is 2.81. The molecule has 1 amide bonds. The van der Waals surface area contributed by atoms with Crippen LogP contribution in [0.4, 0.5) is 17.1 Å². The largest absolute Gasteiger partial charge is 0.378 e. The van der Waals surface area contributed by atoms with E-state index in [0.717, 1.165) is 23.6 Å². The zero-order valence-electron chi connectivity index (χ0n) is 12.9. The second kappa shape index (κ2) is 7.76. The van der Waals surface area contributed by atoms with Gasteiger partial charge in [0.05, 0.1) is 13.2 Å². The van der Waals surface area contributed by atoms with Crippen molar-refractivity contribution in [2.24, 2.45) is 0 Å². The first-order valence-corrected chi connectivity index (χ1v) is 7.83. The number of anilines is 3. The van der Waals surface area contributed by atoms with Crippen LogP contribution in [0.2, 0.25) is 0 Å². The van der Waals surface area contributed by atoms with E-state index in [1.54, 1.807) is 0 Å². The van der Waals surface area contributed by atoms with Crippen molar-refractivity contribution in [3.63, 3.8) is 0 Å². The van der Waals surface area contributed by atoms with Gasteiger partial charge >= 0.3 is 0 Å². The molecule has 120 valence electrons. The molecule has 0 saturated carbocycles. The molecule has 1 aliphatic rings. The van der Waals surface area contributed by atoms with E-state index in [-0.39, 0.29) is 11.9 Å². The van der Waals surface area contributed by atoms with Gasteiger partial charge in [-0.2, -0.15) is 0 Å². The molecule has 1 unspecified atom stereocenters. The molecule has 1 atom stereocenters. The summed E-state index contributed by atoms with van der Waals surface area (Å²) in [6.45, 7) is 2.11. The molecule has 2 aromatic carbocycles. The molecule has 0 spiro atoms. The van der Waals surface area contributed by atoms with Gasteiger partial charge in [0.1, 0.15) is 0 Å². The van der Waals surface area contributed by atoms with Crippen LogP contribution in [-0.4, -0.2) is 31.7 Å². The lowest BCUT2D eigenvalue weighted by atomic mass is 10.2. The number of rotatable bonds is 5. The summed E-state index contributed by atoms with van der Waals surface area (Å²) in [6.07, 6.45) is 0.421. The number of hydrogen-bond donors (Lipinski definition) is 3. The fourth-order valence-corrected chi connectivity index (χ4v) is 2.51. The highest BCUT2D eigenvalue weighted by atomic mass is 16.5. The Labute approximate surface area is 136 Å². The minimum absolute atomic E-state index is 0.00299. The minimum Gasteiger partial charge on any atom is -0.378 e. The maximum Gasteiger partial charge on any atom is 0.226 e. The summed E-state index contributed by atoms with van der Waals surface area (Å²) in [7, 11) is 0. The van der Waals surface area contributed by atoms with E-state index < -0.39 is 0 Å². The van der Waals surface area contributed by atoms with Gasteiger partial charge in [0, 0.05) is 36.1 Å². The van der Waals surface area contributed by atoms with Gasteiger partial charge in [0.25, 0.3) is 0 Å². The summed E-state index contributed by atoms with van der Waals surface area (Å²) in [5, 5.41) is 9.51.